The summed E-state index contributed by atoms with van der Waals surface area (Å²) in [4.78, 5) is -0.459. The summed E-state index contributed by atoms with van der Waals surface area (Å²) in [6, 6.07) is 1.97. The van der Waals surface area contributed by atoms with Gasteiger partial charge in [-0.15, -0.1) is 0 Å². The highest BCUT2D eigenvalue weighted by atomic mass is 35.5. The van der Waals surface area contributed by atoms with Gasteiger partial charge in [-0.05, 0) is 23.9 Å². The molecule has 0 saturated heterocycles. The number of alkyl halides is 5. The zero-order valence-corrected chi connectivity index (χ0v) is 10.0. The van der Waals surface area contributed by atoms with E-state index in [9.17, 15) is 22.0 Å². The molecule has 1 rings (SSSR count). The predicted octanol–water partition coefficient (Wildman–Crippen LogP) is 5.21. The van der Waals surface area contributed by atoms with Gasteiger partial charge in [0.05, 0.1) is 10.0 Å². The van der Waals surface area contributed by atoms with E-state index in [1.165, 1.54) is 0 Å². The Morgan fingerprint density at radius 1 is 1.18 bits per heavy atom. The van der Waals surface area contributed by atoms with Gasteiger partial charge in [0.25, 0.3) is 0 Å². The van der Waals surface area contributed by atoms with Gasteiger partial charge in [-0.2, -0.15) is 22.0 Å². The molecule has 9 heteroatoms. The van der Waals surface area contributed by atoms with Crippen molar-refractivity contribution in [1.82, 2.24) is 0 Å². The lowest BCUT2D eigenvalue weighted by molar-refractivity contribution is -0.0498. The second-order valence-electron chi connectivity index (χ2n) is 2.61. The van der Waals surface area contributed by atoms with Crippen LogP contribution in [0.25, 0.3) is 0 Å². The number of thioether (sulfide) groups is 1. The molecular weight excluding hydrogens is 310 g/mol. The molecular formula is C8H3Cl2F5OS. The van der Waals surface area contributed by atoms with Crippen molar-refractivity contribution in [3.63, 3.8) is 0 Å². The second-order valence-corrected chi connectivity index (χ2v) is 4.51. The van der Waals surface area contributed by atoms with Gasteiger partial charge < -0.3 is 4.74 Å². The standard InChI is InChI=1S/C8H3Cl2F5OS/c9-3-1-2-4(17-8(13,14)15)5(10)6(3)16-7(11)12/h1-2,7H. The monoisotopic (exact) mass is 312 g/mol. The first-order chi connectivity index (χ1) is 7.70. The van der Waals surface area contributed by atoms with Crippen molar-refractivity contribution in [3.8, 4) is 5.75 Å². The Hall–Kier alpha value is -0.400. The molecule has 0 unspecified atom stereocenters. The van der Waals surface area contributed by atoms with E-state index in [2.05, 4.69) is 4.74 Å². The second kappa shape index (κ2) is 5.49. The van der Waals surface area contributed by atoms with Crippen molar-refractivity contribution in [2.24, 2.45) is 0 Å². The van der Waals surface area contributed by atoms with Crippen molar-refractivity contribution >= 4 is 35.0 Å². The molecule has 1 aromatic rings. The van der Waals surface area contributed by atoms with Gasteiger partial charge in [-0.3, -0.25) is 0 Å². The molecule has 0 aromatic heterocycles. The van der Waals surface area contributed by atoms with Crippen LogP contribution < -0.4 is 4.74 Å². The summed E-state index contributed by atoms with van der Waals surface area (Å²) < 4.78 is 64.2. The molecule has 0 aliphatic rings. The quantitative estimate of drug-likeness (QED) is 0.560. The van der Waals surface area contributed by atoms with Crippen LogP contribution in [0, 0.1) is 0 Å². The number of ether oxygens (including phenoxy) is 1. The third kappa shape index (κ3) is 4.40. The molecule has 0 amide bonds. The number of rotatable bonds is 3. The van der Waals surface area contributed by atoms with E-state index in [0.717, 1.165) is 12.1 Å². The van der Waals surface area contributed by atoms with E-state index in [4.69, 9.17) is 23.2 Å². The summed E-state index contributed by atoms with van der Waals surface area (Å²) in [6.07, 6.45) is 0. The molecule has 0 fully saturated rings. The minimum absolute atomic E-state index is 0.290. The highest BCUT2D eigenvalue weighted by molar-refractivity contribution is 8.00. The molecule has 0 N–H and O–H groups in total. The van der Waals surface area contributed by atoms with Crippen LogP contribution in [0.4, 0.5) is 22.0 Å². The smallest absolute Gasteiger partial charge is 0.432 e. The zero-order chi connectivity index (χ0) is 13.2. The first-order valence-electron chi connectivity index (χ1n) is 3.89. The molecule has 0 radical (unpaired) electrons. The van der Waals surface area contributed by atoms with Crippen molar-refractivity contribution in [3.05, 3.63) is 22.2 Å². The third-order valence-electron chi connectivity index (χ3n) is 1.45. The Morgan fingerprint density at radius 3 is 2.24 bits per heavy atom. The maximum atomic E-state index is 12.1. The summed E-state index contributed by atoms with van der Waals surface area (Å²) >= 11 is 10.4. The largest absolute Gasteiger partial charge is 0.446 e. The lowest BCUT2D eigenvalue weighted by Gasteiger charge is -2.12. The van der Waals surface area contributed by atoms with E-state index in [1.54, 1.807) is 0 Å². The molecule has 0 aliphatic heterocycles. The van der Waals surface area contributed by atoms with E-state index in [1.807, 2.05) is 0 Å². The van der Waals surface area contributed by atoms with Crippen LogP contribution in [0.5, 0.6) is 5.75 Å². The van der Waals surface area contributed by atoms with Gasteiger partial charge in [-0.1, -0.05) is 23.2 Å². The molecule has 0 aliphatic carbocycles. The third-order valence-corrected chi connectivity index (χ3v) is 3.02. The van der Waals surface area contributed by atoms with Crippen LogP contribution in [-0.4, -0.2) is 12.1 Å². The SMILES string of the molecule is FC(F)Oc1c(Cl)ccc(SC(F)(F)F)c1Cl. The lowest BCUT2D eigenvalue weighted by atomic mass is 10.3. The maximum Gasteiger partial charge on any atom is 0.446 e. The van der Waals surface area contributed by atoms with Gasteiger partial charge in [0.2, 0.25) is 0 Å². The maximum absolute atomic E-state index is 12.1. The number of benzene rings is 1. The average Bonchev–Trinajstić information content (AvgIpc) is 2.15. The highest BCUT2D eigenvalue weighted by Gasteiger charge is 2.31. The molecule has 17 heavy (non-hydrogen) atoms. The van der Waals surface area contributed by atoms with Crippen LogP contribution in [0.1, 0.15) is 0 Å². The van der Waals surface area contributed by atoms with Gasteiger partial charge in [0.15, 0.2) is 5.75 Å². The summed E-state index contributed by atoms with van der Waals surface area (Å²) in [5, 5.41) is -0.887. The van der Waals surface area contributed by atoms with Crippen molar-refractivity contribution in [2.75, 3.05) is 0 Å². The van der Waals surface area contributed by atoms with Crippen LogP contribution in [-0.2, 0) is 0 Å². The van der Waals surface area contributed by atoms with E-state index >= 15 is 0 Å². The fraction of sp³-hybridized carbons (Fsp3) is 0.250. The topological polar surface area (TPSA) is 9.23 Å². The minimum Gasteiger partial charge on any atom is -0.432 e. The first kappa shape index (κ1) is 14.7. The van der Waals surface area contributed by atoms with E-state index < -0.39 is 39.5 Å². The lowest BCUT2D eigenvalue weighted by Crippen LogP contribution is -2.04. The van der Waals surface area contributed by atoms with E-state index in [-0.39, 0.29) is 5.02 Å². The minimum atomic E-state index is -4.58. The molecule has 1 aromatic carbocycles. The van der Waals surface area contributed by atoms with Gasteiger partial charge in [-0.25, -0.2) is 0 Å². The Morgan fingerprint density at radius 2 is 1.76 bits per heavy atom. The molecule has 0 heterocycles. The number of hydrogen-bond acceptors (Lipinski definition) is 2. The highest BCUT2D eigenvalue weighted by Crippen LogP contribution is 2.45. The molecule has 96 valence electrons. The Labute approximate surface area is 107 Å². The molecule has 1 nitrogen and oxygen atoms in total. The Balaban J connectivity index is 3.10. The normalized spacial score (nSPS) is 12.0. The van der Waals surface area contributed by atoms with Crippen LogP contribution in [0.2, 0.25) is 10.0 Å². The van der Waals surface area contributed by atoms with Crippen molar-refractivity contribution < 1.29 is 26.7 Å². The zero-order valence-electron chi connectivity index (χ0n) is 7.69. The molecule has 0 spiro atoms. The van der Waals surface area contributed by atoms with Crippen LogP contribution in [0.15, 0.2) is 17.0 Å². The van der Waals surface area contributed by atoms with Crippen molar-refractivity contribution in [2.45, 2.75) is 17.0 Å². The molecule has 0 atom stereocenters. The first-order valence-corrected chi connectivity index (χ1v) is 5.46. The Kier molecular flexibility index (Phi) is 4.74. The number of halogens is 7. The molecule has 0 saturated carbocycles. The van der Waals surface area contributed by atoms with Gasteiger partial charge in [0.1, 0.15) is 0 Å². The predicted molar refractivity (Wildman–Crippen MR) is 55.0 cm³/mol. The fourth-order valence-electron chi connectivity index (χ4n) is 0.915. The number of hydrogen-bond donors (Lipinski definition) is 0. The average molecular weight is 313 g/mol. The van der Waals surface area contributed by atoms with Crippen molar-refractivity contribution in [1.29, 1.82) is 0 Å². The molecule has 0 bridgehead atoms. The van der Waals surface area contributed by atoms with Gasteiger partial charge >= 0.3 is 12.1 Å². The van der Waals surface area contributed by atoms with E-state index in [0.29, 0.717) is 0 Å². The summed E-state index contributed by atoms with van der Waals surface area (Å²) in [5.41, 5.74) is -4.58. The summed E-state index contributed by atoms with van der Waals surface area (Å²) in [7, 11) is 0. The van der Waals surface area contributed by atoms with Gasteiger partial charge in [0, 0.05) is 4.90 Å². The summed E-state index contributed by atoms with van der Waals surface area (Å²) in [6.45, 7) is -3.23. The fourth-order valence-corrected chi connectivity index (χ4v) is 2.06. The summed E-state index contributed by atoms with van der Waals surface area (Å²) in [5.74, 6) is -0.669. The Bertz CT molecular complexity index is 410. The van der Waals surface area contributed by atoms with Crippen LogP contribution >= 0.6 is 35.0 Å². The van der Waals surface area contributed by atoms with Crippen LogP contribution in [0.3, 0.4) is 0 Å².